The molecule has 0 amide bonds. The van der Waals surface area contributed by atoms with E-state index in [1.54, 1.807) is 18.0 Å². The van der Waals surface area contributed by atoms with E-state index < -0.39 is 0 Å². The van der Waals surface area contributed by atoms with Gasteiger partial charge in [0.25, 0.3) is 0 Å². The molecule has 0 bridgehead atoms. The van der Waals surface area contributed by atoms with Crippen molar-refractivity contribution >= 4 is 39.3 Å². The molecule has 0 saturated heterocycles. The Morgan fingerprint density at radius 3 is 2.60 bits per heavy atom. The van der Waals surface area contributed by atoms with Crippen LogP contribution in [0.15, 0.2) is 51.2 Å². The average molecular weight is 302 g/mol. The van der Waals surface area contributed by atoms with Gasteiger partial charge in [0, 0.05) is 16.1 Å². The minimum atomic E-state index is 0.737. The molecule has 0 radical (unpaired) electrons. The van der Waals surface area contributed by atoms with Gasteiger partial charge < -0.3 is 0 Å². The smallest absolute Gasteiger partial charge is 0.118 e. The van der Waals surface area contributed by atoms with E-state index in [1.807, 2.05) is 24.3 Å². The van der Waals surface area contributed by atoms with Gasteiger partial charge in [-0.3, -0.25) is 0 Å². The molecule has 2 rings (SSSR count). The zero-order valence-corrected chi connectivity index (χ0v) is 10.7. The zero-order chi connectivity index (χ0) is 10.7. The third-order valence-electron chi connectivity index (χ3n) is 1.66. The molecule has 0 fully saturated rings. The van der Waals surface area contributed by atoms with Gasteiger partial charge in [0.05, 0.1) is 4.47 Å². The van der Waals surface area contributed by atoms with Crippen LogP contribution >= 0.6 is 39.3 Å². The van der Waals surface area contributed by atoms with E-state index in [0.717, 1.165) is 19.4 Å². The third-order valence-corrected chi connectivity index (χ3v) is 3.78. The van der Waals surface area contributed by atoms with E-state index in [1.165, 1.54) is 6.33 Å². The van der Waals surface area contributed by atoms with Gasteiger partial charge in [-0.1, -0.05) is 23.4 Å². The predicted octanol–water partition coefficient (Wildman–Crippen LogP) is 4.04. The molecule has 0 saturated carbocycles. The first-order valence-corrected chi connectivity index (χ1v) is 6.13. The average Bonchev–Trinajstić information content (AvgIpc) is 2.25. The second kappa shape index (κ2) is 4.96. The van der Waals surface area contributed by atoms with Gasteiger partial charge in [0.2, 0.25) is 0 Å². The highest BCUT2D eigenvalue weighted by Crippen LogP contribution is 2.31. The first-order valence-electron chi connectivity index (χ1n) is 4.14. The van der Waals surface area contributed by atoms with E-state index >= 15 is 0 Å². The summed E-state index contributed by atoms with van der Waals surface area (Å²) in [7, 11) is 0. The summed E-state index contributed by atoms with van der Waals surface area (Å²) in [5.41, 5.74) is 0. The Hall–Kier alpha value is -0.580. The van der Waals surface area contributed by atoms with Crippen molar-refractivity contribution in [1.82, 2.24) is 9.97 Å². The van der Waals surface area contributed by atoms with Crippen molar-refractivity contribution in [3.05, 3.63) is 46.3 Å². The second-order valence-corrected chi connectivity index (χ2v) is 5.08. The minimum Gasteiger partial charge on any atom is -0.244 e. The molecule has 0 unspecified atom stereocenters. The molecule has 1 aromatic heterocycles. The molecule has 0 aliphatic heterocycles. The van der Waals surface area contributed by atoms with Gasteiger partial charge >= 0.3 is 0 Å². The van der Waals surface area contributed by atoms with Crippen LogP contribution in [0.4, 0.5) is 0 Å². The molecule has 0 spiro atoms. The van der Waals surface area contributed by atoms with Gasteiger partial charge in [0.15, 0.2) is 0 Å². The van der Waals surface area contributed by atoms with Gasteiger partial charge in [-0.05, 0) is 40.2 Å². The van der Waals surface area contributed by atoms with Crippen LogP contribution in [-0.2, 0) is 0 Å². The van der Waals surface area contributed by atoms with E-state index in [0.29, 0.717) is 0 Å². The standard InChI is InChI=1S/C10H6BrClN2S/c11-9-5-13-6-14-10(9)15-8-3-1-7(12)2-4-8/h1-6H. The summed E-state index contributed by atoms with van der Waals surface area (Å²) in [5.74, 6) is 0. The molecule has 5 heteroatoms. The molecule has 0 aliphatic rings. The summed E-state index contributed by atoms with van der Waals surface area (Å²) < 4.78 is 0.893. The summed E-state index contributed by atoms with van der Waals surface area (Å²) in [6.45, 7) is 0. The fraction of sp³-hybridized carbons (Fsp3) is 0. The first kappa shape index (κ1) is 10.9. The molecule has 0 atom stereocenters. The van der Waals surface area contributed by atoms with Crippen molar-refractivity contribution in [2.45, 2.75) is 9.92 Å². The molecule has 1 heterocycles. The number of hydrogen-bond acceptors (Lipinski definition) is 3. The van der Waals surface area contributed by atoms with E-state index in [9.17, 15) is 0 Å². The maximum Gasteiger partial charge on any atom is 0.118 e. The number of halogens is 2. The van der Waals surface area contributed by atoms with Crippen LogP contribution in [0.5, 0.6) is 0 Å². The van der Waals surface area contributed by atoms with E-state index in [2.05, 4.69) is 25.9 Å². The Morgan fingerprint density at radius 1 is 1.20 bits per heavy atom. The topological polar surface area (TPSA) is 25.8 Å². The Kier molecular flexibility index (Phi) is 3.61. The molecule has 0 aliphatic carbocycles. The highest BCUT2D eigenvalue weighted by atomic mass is 79.9. The van der Waals surface area contributed by atoms with Crippen molar-refractivity contribution in [3.63, 3.8) is 0 Å². The molecule has 1 aromatic carbocycles. The highest BCUT2D eigenvalue weighted by molar-refractivity contribution is 9.10. The quantitative estimate of drug-likeness (QED) is 0.783. The molecule has 2 aromatic rings. The van der Waals surface area contributed by atoms with Crippen LogP contribution in [0.1, 0.15) is 0 Å². The van der Waals surface area contributed by atoms with Crippen molar-refractivity contribution in [2.75, 3.05) is 0 Å². The van der Waals surface area contributed by atoms with Crippen LogP contribution in [0, 0.1) is 0 Å². The number of nitrogens with zero attached hydrogens (tertiary/aromatic N) is 2. The Labute approximate surface area is 105 Å². The summed E-state index contributed by atoms with van der Waals surface area (Å²) in [6.07, 6.45) is 3.26. The summed E-state index contributed by atoms with van der Waals surface area (Å²) in [5, 5.41) is 1.63. The third kappa shape index (κ3) is 2.93. The zero-order valence-electron chi connectivity index (χ0n) is 7.52. The van der Waals surface area contributed by atoms with Crippen LogP contribution < -0.4 is 0 Å². The van der Waals surface area contributed by atoms with Crippen molar-refractivity contribution in [2.24, 2.45) is 0 Å². The van der Waals surface area contributed by atoms with Crippen LogP contribution in [0.3, 0.4) is 0 Å². The monoisotopic (exact) mass is 300 g/mol. The first-order chi connectivity index (χ1) is 7.25. The van der Waals surface area contributed by atoms with Gasteiger partial charge in [-0.25, -0.2) is 9.97 Å². The molecular weight excluding hydrogens is 296 g/mol. The molecular formula is C10H6BrClN2S. The second-order valence-electron chi connectivity index (χ2n) is 2.73. The lowest BCUT2D eigenvalue weighted by Crippen LogP contribution is -1.83. The van der Waals surface area contributed by atoms with Gasteiger partial charge in [0.1, 0.15) is 11.4 Å². The van der Waals surface area contributed by atoms with E-state index in [4.69, 9.17) is 11.6 Å². The van der Waals surface area contributed by atoms with Crippen molar-refractivity contribution < 1.29 is 0 Å². The molecule has 2 nitrogen and oxygen atoms in total. The largest absolute Gasteiger partial charge is 0.244 e. The molecule has 76 valence electrons. The lowest BCUT2D eigenvalue weighted by molar-refractivity contribution is 1.02. The Morgan fingerprint density at radius 2 is 1.93 bits per heavy atom. The number of benzene rings is 1. The van der Waals surface area contributed by atoms with Crippen LogP contribution in [0.2, 0.25) is 5.02 Å². The number of hydrogen-bond donors (Lipinski definition) is 0. The lowest BCUT2D eigenvalue weighted by Gasteiger charge is -2.01. The summed E-state index contributed by atoms with van der Waals surface area (Å²) in [4.78, 5) is 9.17. The summed E-state index contributed by atoms with van der Waals surface area (Å²) in [6, 6.07) is 7.64. The minimum absolute atomic E-state index is 0.737. The fourth-order valence-electron chi connectivity index (χ4n) is 0.991. The molecule has 0 N–H and O–H groups in total. The fourth-order valence-corrected chi connectivity index (χ4v) is 2.33. The normalized spacial score (nSPS) is 10.3. The Bertz CT molecular complexity index is 461. The maximum absolute atomic E-state index is 5.80. The number of rotatable bonds is 2. The molecule has 15 heavy (non-hydrogen) atoms. The number of aromatic nitrogens is 2. The van der Waals surface area contributed by atoms with Crippen molar-refractivity contribution in [1.29, 1.82) is 0 Å². The van der Waals surface area contributed by atoms with Crippen LogP contribution in [0.25, 0.3) is 0 Å². The highest BCUT2D eigenvalue weighted by Gasteiger charge is 2.03. The van der Waals surface area contributed by atoms with Gasteiger partial charge in [-0.2, -0.15) is 0 Å². The van der Waals surface area contributed by atoms with Crippen LogP contribution in [-0.4, -0.2) is 9.97 Å². The van der Waals surface area contributed by atoms with E-state index in [-0.39, 0.29) is 0 Å². The SMILES string of the molecule is Clc1ccc(Sc2ncncc2Br)cc1. The predicted molar refractivity (Wildman–Crippen MR) is 65.3 cm³/mol. The lowest BCUT2D eigenvalue weighted by atomic mass is 10.4. The summed E-state index contributed by atoms with van der Waals surface area (Å²) >= 11 is 10.8. The maximum atomic E-state index is 5.80. The van der Waals surface area contributed by atoms with Gasteiger partial charge in [-0.15, -0.1) is 0 Å². The van der Waals surface area contributed by atoms with Crippen molar-refractivity contribution in [3.8, 4) is 0 Å². The Balaban J connectivity index is 2.22.